The van der Waals surface area contributed by atoms with Crippen LogP contribution in [-0.4, -0.2) is 38.7 Å². The Hall–Kier alpha value is -2.00. The van der Waals surface area contributed by atoms with E-state index >= 15 is 0 Å². The summed E-state index contributed by atoms with van der Waals surface area (Å²) in [5.74, 6) is -2.29. The molecule has 6 nitrogen and oxygen atoms in total. The van der Waals surface area contributed by atoms with Crippen LogP contribution in [0.4, 0.5) is 13.2 Å². The second-order valence-corrected chi connectivity index (χ2v) is 5.24. The van der Waals surface area contributed by atoms with E-state index in [-0.39, 0.29) is 23.5 Å². The van der Waals surface area contributed by atoms with Crippen molar-refractivity contribution in [1.29, 1.82) is 0 Å². The molecule has 0 spiro atoms. The average molecular weight is 337 g/mol. The van der Waals surface area contributed by atoms with E-state index < -0.39 is 12.1 Å². The fourth-order valence-corrected chi connectivity index (χ4v) is 2.47. The third-order valence-corrected chi connectivity index (χ3v) is 3.55. The number of hydroxylamine groups is 1. The molecule has 0 saturated heterocycles. The molecule has 2 unspecified atom stereocenters. The standard InChI is InChI=1S/C12H17NO3.C2HF3O2/c14-10-4-5-11(12(15)7-10)8-2-1-3-9(6-8)13-16;3-2(4,5)1(6)7/h4-5,7-9,13-16H,1-3,6H2;(H,6,7). The third kappa shape index (κ3) is 5.95. The van der Waals surface area contributed by atoms with Gasteiger partial charge in [0.15, 0.2) is 0 Å². The lowest BCUT2D eigenvalue weighted by atomic mass is 9.81. The molecule has 23 heavy (non-hydrogen) atoms. The van der Waals surface area contributed by atoms with Crippen LogP contribution >= 0.6 is 0 Å². The first-order chi connectivity index (χ1) is 10.6. The smallest absolute Gasteiger partial charge is 0.490 e. The van der Waals surface area contributed by atoms with Crippen molar-refractivity contribution >= 4 is 5.97 Å². The van der Waals surface area contributed by atoms with Crippen LogP contribution in [0.25, 0.3) is 0 Å². The molecule has 1 aromatic rings. The number of aliphatic carboxylic acids is 1. The molecule has 0 aliphatic heterocycles. The number of phenolic OH excluding ortho intramolecular Hbond substituents is 2. The second-order valence-electron chi connectivity index (χ2n) is 5.24. The minimum absolute atomic E-state index is 0.0777. The number of hydrogen-bond acceptors (Lipinski definition) is 5. The number of halogens is 3. The number of rotatable bonds is 2. The highest BCUT2D eigenvalue weighted by Crippen LogP contribution is 2.38. The monoisotopic (exact) mass is 337 g/mol. The summed E-state index contributed by atoms with van der Waals surface area (Å²) in [6.07, 6.45) is -1.26. The molecule has 9 heteroatoms. The quantitative estimate of drug-likeness (QED) is 0.531. The highest BCUT2D eigenvalue weighted by molar-refractivity contribution is 5.73. The van der Waals surface area contributed by atoms with E-state index in [4.69, 9.17) is 15.1 Å². The van der Waals surface area contributed by atoms with Crippen LogP contribution in [-0.2, 0) is 4.79 Å². The first-order valence-electron chi connectivity index (χ1n) is 6.86. The van der Waals surface area contributed by atoms with E-state index in [2.05, 4.69) is 5.48 Å². The molecule has 1 fully saturated rings. The molecule has 1 saturated carbocycles. The van der Waals surface area contributed by atoms with Gasteiger partial charge < -0.3 is 20.5 Å². The normalized spacial score (nSPS) is 21.2. The number of alkyl halides is 3. The molecular formula is C14H18F3NO5. The SMILES string of the molecule is O=C(O)C(F)(F)F.ONC1CCCC(c2ccc(O)cc2O)C1. The van der Waals surface area contributed by atoms with E-state index in [0.29, 0.717) is 0 Å². The maximum atomic E-state index is 10.6. The summed E-state index contributed by atoms with van der Waals surface area (Å²) in [5.41, 5.74) is 3.16. The van der Waals surface area contributed by atoms with Crippen LogP contribution in [0.15, 0.2) is 18.2 Å². The Morgan fingerprint density at radius 3 is 2.30 bits per heavy atom. The van der Waals surface area contributed by atoms with Crippen LogP contribution in [0.2, 0.25) is 0 Å². The van der Waals surface area contributed by atoms with Gasteiger partial charge in [0.2, 0.25) is 0 Å². The lowest BCUT2D eigenvalue weighted by Crippen LogP contribution is -2.30. The van der Waals surface area contributed by atoms with Gasteiger partial charge in [-0.1, -0.05) is 12.5 Å². The molecule has 0 amide bonds. The number of phenols is 2. The summed E-state index contributed by atoms with van der Waals surface area (Å²) in [6.45, 7) is 0. The molecule has 0 bridgehead atoms. The summed E-state index contributed by atoms with van der Waals surface area (Å²) in [4.78, 5) is 8.90. The first-order valence-corrected chi connectivity index (χ1v) is 6.86. The van der Waals surface area contributed by atoms with Crippen molar-refractivity contribution in [2.24, 2.45) is 0 Å². The fourth-order valence-electron chi connectivity index (χ4n) is 2.47. The van der Waals surface area contributed by atoms with Crippen LogP contribution < -0.4 is 5.48 Å². The van der Waals surface area contributed by atoms with Gasteiger partial charge in [0.05, 0.1) is 0 Å². The summed E-state index contributed by atoms with van der Waals surface area (Å²) < 4.78 is 31.7. The van der Waals surface area contributed by atoms with E-state index in [1.165, 1.54) is 6.07 Å². The number of carboxylic acids is 1. The summed E-state index contributed by atoms with van der Waals surface area (Å²) in [7, 11) is 0. The van der Waals surface area contributed by atoms with Gasteiger partial charge in [-0.2, -0.15) is 13.2 Å². The highest BCUT2D eigenvalue weighted by atomic mass is 19.4. The number of benzene rings is 1. The number of hydrogen-bond donors (Lipinski definition) is 5. The van der Waals surface area contributed by atoms with Gasteiger partial charge in [-0.15, -0.1) is 0 Å². The summed E-state index contributed by atoms with van der Waals surface area (Å²) in [6, 6.07) is 4.82. The molecular weight excluding hydrogens is 319 g/mol. The Labute approximate surface area is 130 Å². The van der Waals surface area contributed by atoms with Gasteiger partial charge in [-0.3, -0.25) is 0 Å². The Morgan fingerprint density at radius 1 is 1.22 bits per heavy atom. The molecule has 0 heterocycles. The molecule has 1 aliphatic rings. The third-order valence-electron chi connectivity index (χ3n) is 3.55. The zero-order valence-corrected chi connectivity index (χ0v) is 12.0. The second kappa shape index (κ2) is 8.02. The van der Waals surface area contributed by atoms with E-state index in [0.717, 1.165) is 31.2 Å². The number of carboxylic acid groups (broad SMARTS) is 1. The zero-order chi connectivity index (χ0) is 17.6. The van der Waals surface area contributed by atoms with Crippen LogP contribution in [0, 0.1) is 0 Å². The number of nitrogens with one attached hydrogen (secondary N) is 1. The number of carbonyl (C=O) groups is 1. The zero-order valence-electron chi connectivity index (χ0n) is 12.0. The van der Waals surface area contributed by atoms with Gasteiger partial charge >= 0.3 is 12.1 Å². The molecule has 5 N–H and O–H groups in total. The van der Waals surface area contributed by atoms with Crippen molar-refractivity contribution < 1.29 is 38.5 Å². The fraction of sp³-hybridized carbons (Fsp3) is 0.500. The predicted molar refractivity (Wildman–Crippen MR) is 73.4 cm³/mol. The lowest BCUT2D eigenvalue weighted by molar-refractivity contribution is -0.192. The molecule has 0 aromatic heterocycles. The molecule has 0 radical (unpaired) electrons. The van der Waals surface area contributed by atoms with Gasteiger partial charge in [-0.25, -0.2) is 10.3 Å². The van der Waals surface area contributed by atoms with Crippen molar-refractivity contribution in [3.63, 3.8) is 0 Å². The Balaban J connectivity index is 0.000000322. The minimum Gasteiger partial charge on any atom is -0.508 e. The van der Waals surface area contributed by atoms with Crippen molar-refractivity contribution in [1.82, 2.24) is 5.48 Å². The van der Waals surface area contributed by atoms with Crippen molar-refractivity contribution in [2.45, 2.75) is 43.8 Å². The lowest BCUT2D eigenvalue weighted by Gasteiger charge is -2.28. The maximum absolute atomic E-state index is 10.6. The molecule has 2 rings (SSSR count). The topological polar surface area (TPSA) is 110 Å². The average Bonchev–Trinajstić information content (AvgIpc) is 2.47. The van der Waals surface area contributed by atoms with E-state index in [1.807, 2.05) is 0 Å². The van der Waals surface area contributed by atoms with Crippen molar-refractivity contribution in [3.05, 3.63) is 23.8 Å². The predicted octanol–water partition coefficient (Wildman–Crippen LogP) is 2.74. The van der Waals surface area contributed by atoms with Crippen molar-refractivity contribution in [2.75, 3.05) is 0 Å². The summed E-state index contributed by atoms with van der Waals surface area (Å²) in [5, 5.41) is 35.0. The van der Waals surface area contributed by atoms with Gasteiger partial charge in [0.25, 0.3) is 0 Å². The molecule has 1 aliphatic carbocycles. The largest absolute Gasteiger partial charge is 0.508 e. The Bertz CT molecular complexity index is 536. The van der Waals surface area contributed by atoms with Gasteiger partial charge in [0, 0.05) is 12.1 Å². The Kier molecular flexibility index (Phi) is 6.64. The van der Waals surface area contributed by atoms with Gasteiger partial charge in [-0.05, 0) is 36.8 Å². The molecule has 1 aromatic carbocycles. The van der Waals surface area contributed by atoms with Crippen molar-refractivity contribution in [3.8, 4) is 11.5 Å². The van der Waals surface area contributed by atoms with E-state index in [9.17, 15) is 23.4 Å². The van der Waals surface area contributed by atoms with Crippen LogP contribution in [0.3, 0.4) is 0 Å². The summed E-state index contributed by atoms with van der Waals surface area (Å²) >= 11 is 0. The van der Waals surface area contributed by atoms with Crippen LogP contribution in [0.1, 0.15) is 37.2 Å². The Morgan fingerprint density at radius 2 is 1.83 bits per heavy atom. The van der Waals surface area contributed by atoms with Crippen LogP contribution in [0.5, 0.6) is 11.5 Å². The minimum atomic E-state index is -5.08. The maximum Gasteiger partial charge on any atom is 0.490 e. The first kappa shape index (κ1) is 19.0. The molecule has 130 valence electrons. The van der Waals surface area contributed by atoms with Gasteiger partial charge in [0.1, 0.15) is 11.5 Å². The van der Waals surface area contributed by atoms with E-state index in [1.54, 1.807) is 12.1 Å². The number of aromatic hydroxyl groups is 2. The highest BCUT2D eigenvalue weighted by Gasteiger charge is 2.38. The molecule has 2 atom stereocenters.